The van der Waals surface area contributed by atoms with Crippen molar-refractivity contribution >= 4 is 23.2 Å². The minimum absolute atomic E-state index is 0.0420. The van der Waals surface area contributed by atoms with Gasteiger partial charge in [0, 0.05) is 31.0 Å². The summed E-state index contributed by atoms with van der Waals surface area (Å²) in [7, 11) is 1.82. The number of amides is 2. The van der Waals surface area contributed by atoms with Gasteiger partial charge in [-0.1, -0.05) is 13.0 Å². The van der Waals surface area contributed by atoms with Gasteiger partial charge >= 0.3 is 0 Å². The maximum absolute atomic E-state index is 11.9. The molecule has 2 heterocycles. The third-order valence-electron chi connectivity index (χ3n) is 4.84. The highest BCUT2D eigenvalue weighted by molar-refractivity contribution is 6.10. The van der Waals surface area contributed by atoms with Crippen LogP contribution in [0.3, 0.4) is 0 Å². The number of benzene rings is 1. The molecule has 1 N–H and O–H groups in total. The van der Waals surface area contributed by atoms with Crippen LogP contribution >= 0.6 is 0 Å². The van der Waals surface area contributed by atoms with Gasteiger partial charge in [-0.3, -0.25) is 9.59 Å². The Morgan fingerprint density at radius 1 is 1.29 bits per heavy atom. The fourth-order valence-corrected chi connectivity index (χ4v) is 3.40. The Morgan fingerprint density at radius 3 is 2.90 bits per heavy atom. The van der Waals surface area contributed by atoms with Crippen molar-refractivity contribution < 1.29 is 9.59 Å². The Bertz CT molecular complexity index is 695. The molecule has 1 saturated carbocycles. The summed E-state index contributed by atoms with van der Waals surface area (Å²) in [6.07, 6.45) is 1.44. The first-order valence-corrected chi connectivity index (χ1v) is 7.34. The summed E-state index contributed by atoms with van der Waals surface area (Å²) in [5.74, 6) is 0.801. The first-order chi connectivity index (χ1) is 10.1. The summed E-state index contributed by atoms with van der Waals surface area (Å²) in [5, 5.41) is 4.25. The predicted octanol–water partition coefficient (Wildman–Crippen LogP) is 1.63. The van der Waals surface area contributed by atoms with Crippen LogP contribution in [0, 0.1) is 11.8 Å². The number of rotatable bonds is 1. The molecule has 5 nitrogen and oxygen atoms in total. The molecule has 4 rings (SSSR count). The molecule has 0 radical (unpaired) electrons. The number of carbonyl (C=O) groups is 2. The molecule has 0 saturated heterocycles. The molecule has 2 aliphatic heterocycles. The van der Waals surface area contributed by atoms with E-state index in [0.29, 0.717) is 6.42 Å². The minimum Gasteiger partial charge on any atom is -0.315 e. The van der Waals surface area contributed by atoms with Gasteiger partial charge in [0.2, 0.25) is 11.8 Å². The van der Waals surface area contributed by atoms with Gasteiger partial charge in [0.1, 0.15) is 0 Å². The van der Waals surface area contributed by atoms with Gasteiger partial charge in [-0.2, -0.15) is 5.10 Å². The first kappa shape index (κ1) is 12.6. The Kier molecular flexibility index (Phi) is 2.49. The van der Waals surface area contributed by atoms with E-state index < -0.39 is 0 Å². The highest BCUT2D eigenvalue weighted by atomic mass is 16.2. The highest BCUT2D eigenvalue weighted by Gasteiger charge is 2.49. The monoisotopic (exact) mass is 283 g/mol. The zero-order chi connectivity index (χ0) is 14.7. The van der Waals surface area contributed by atoms with Crippen molar-refractivity contribution in [3.63, 3.8) is 0 Å². The summed E-state index contributed by atoms with van der Waals surface area (Å²) >= 11 is 0. The topological polar surface area (TPSA) is 61.8 Å². The number of carbonyl (C=O) groups excluding carboxylic acids is 2. The summed E-state index contributed by atoms with van der Waals surface area (Å²) in [4.78, 5) is 25.1. The van der Waals surface area contributed by atoms with E-state index >= 15 is 0 Å². The lowest BCUT2D eigenvalue weighted by Crippen LogP contribution is -2.33. The van der Waals surface area contributed by atoms with Gasteiger partial charge in [0.25, 0.3) is 0 Å². The van der Waals surface area contributed by atoms with Crippen LogP contribution in [-0.4, -0.2) is 24.6 Å². The minimum atomic E-state index is 0.0420. The molecule has 1 fully saturated rings. The largest absolute Gasteiger partial charge is 0.315 e. The van der Waals surface area contributed by atoms with E-state index in [2.05, 4.69) is 23.5 Å². The number of hydrazone groups is 1. The smallest absolute Gasteiger partial charge is 0.243 e. The highest BCUT2D eigenvalue weighted by Crippen LogP contribution is 2.44. The molecule has 2 amide bonds. The lowest BCUT2D eigenvalue weighted by atomic mass is 9.88. The molecule has 0 aromatic heterocycles. The molecule has 1 aromatic rings. The van der Waals surface area contributed by atoms with Crippen LogP contribution in [0.1, 0.15) is 36.8 Å². The van der Waals surface area contributed by atoms with Gasteiger partial charge in [0.15, 0.2) is 0 Å². The number of hydrogen-bond acceptors (Lipinski definition) is 3. The van der Waals surface area contributed by atoms with Crippen molar-refractivity contribution in [2.75, 3.05) is 11.9 Å². The standard InChI is InChI=1S/C16H17N3O2/c1-8-5-14(20)19(2)13-4-3-9(6-10(8)13)15-11-7-12(11)16(21)18-17-15/h3-4,6,8,11-12H,5,7H2,1-2H3,(H,18,21). The lowest BCUT2D eigenvalue weighted by Gasteiger charge is -2.30. The summed E-state index contributed by atoms with van der Waals surface area (Å²) in [6, 6.07) is 6.13. The summed E-state index contributed by atoms with van der Waals surface area (Å²) in [5.41, 5.74) is 6.83. The molecule has 3 unspecified atom stereocenters. The van der Waals surface area contributed by atoms with Crippen molar-refractivity contribution in [3.8, 4) is 0 Å². The van der Waals surface area contributed by atoms with Crippen LogP contribution in [0.2, 0.25) is 0 Å². The van der Waals surface area contributed by atoms with Gasteiger partial charge in [0.05, 0.1) is 5.71 Å². The third-order valence-corrected chi connectivity index (χ3v) is 4.84. The molecule has 1 aliphatic carbocycles. The molecule has 0 spiro atoms. The zero-order valence-electron chi connectivity index (χ0n) is 12.1. The fourth-order valence-electron chi connectivity index (χ4n) is 3.40. The molecule has 5 heteroatoms. The number of hydrogen-bond donors (Lipinski definition) is 1. The average molecular weight is 283 g/mol. The van der Waals surface area contributed by atoms with Gasteiger partial charge < -0.3 is 4.90 Å². The molecular weight excluding hydrogens is 266 g/mol. The van der Waals surface area contributed by atoms with Crippen molar-refractivity contribution in [2.45, 2.75) is 25.7 Å². The maximum Gasteiger partial charge on any atom is 0.243 e. The molecule has 21 heavy (non-hydrogen) atoms. The quantitative estimate of drug-likeness (QED) is 0.851. The third kappa shape index (κ3) is 1.80. The predicted molar refractivity (Wildman–Crippen MR) is 79.2 cm³/mol. The van der Waals surface area contributed by atoms with Crippen LogP contribution in [0.4, 0.5) is 5.69 Å². The number of fused-ring (bicyclic) bond motifs is 2. The summed E-state index contributed by atoms with van der Waals surface area (Å²) < 4.78 is 0. The Balaban J connectivity index is 1.75. The molecule has 108 valence electrons. The lowest BCUT2D eigenvalue weighted by molar-refractivity contribution is -0.122. The van der Waals surface area contributed by atoms with Gasteiger partial charge in [-0.25, -0.2) is 5.43 Å². The van der Waals surface area contributed by atoms with Crippen LogP contribution < -0.4 is 10.3 Å². The van der Waals surface area contributed by atoms with Crippen LogP contribution in [0.15, 0.2) is 23.3 Å². The number of nitrogens with one attached hydrogen (secondary N) is 1. The molecule has 1 aromatic carbocycles. The number of nitrogens with zero attached hydrogens (tertiary/aromatic N) is 2. The molecular formula is C16H17N3O2. The van der Waals surface area contributed by atoms with Crippen LogP contribution in [0.5, 0.6) is 0 Å². The average Bonchev–Trinajstić information content (AvgIpc) is 3.26. The SMILES string of the molecule is CC1CC(=O)N(C)c2ccc(C3=NNC(=O)C4CC34)cc21. The Labute approximate surface area is 123 Å². The maximum atomic E-state index is 11.9. The normalized spacial score (nSPS) is 30.3. The van der Waals surface area contributed by atoms with Gasteiger partial charge in [-0.15, -0.1) is 0 Å². The van der Waals surface area contributed by atoms with E-state index in [1.165, 1.54) is 5.56 Å². The van der Waals surface area contributed by atoms with Crippen molar-refractivity contribution in [1.29, 1.82) is 0 Å². The van der Waals surface area contributed by atoms with Crippen LogP contribution in [0.25, 0.3) is 0 Å². The van der Waals surface area contributed by atoms with E-state index in [0.717, 1.165) is 23.4 Å². The second-order valence-electron chi connectivity index (χ2n) is 6.25. The van der Waals surface area contributed by atoms with E-state index in [9.17, 15) is 9.59 Å². The fraction of sp³-hybridized carbons (Fsp3) is 0.438. The van der Waals surface area contributed by atoms with Gasteiger partial charge in [-0.05, 0) is 35.6 Å². The summed E-state index contributed by atoms with van der Waals surface area (Å²) in [6.45, 7) is 2.08. The molecule has 3 aliphatic rings. The van der Waals surface area contributed by atoms with Crippen molar-refractivity contribution in [1.82, 2.24) is 5.43 Å². The molecule has 0 bridgehead atoms. The molecule has 3 atom stereocenters. The zero-order valence-corrected chi connectivity index (χ0v) is 12.1. The van der Waals surface area contributed by atoms with Crippen LogP contribution in [-0.2, 0) is 9.59 Å². The van der Waals surface area contributed by atoms with Crippen molar-refractivity contribution in [2.24, 2.45) is 16.9 Å². The van der Waals surface area contributed by atoms with E-state index in [1.54, 1.807) is 4.90 Å². The van der Waals surface area contributed by atoms with E-state index in [4.69, 9.17) is 0 Å². The Hall–Kier alpha value is -2.17. The van der Waals surface area contributed by atoms with E-state index in [-0.39, 0.29) is 29.6 Å². The van der Waals surface area contributed by atoms with Crippen molar-refractivity contribution in [3.05, 3.63) is 29.3 Å². The second-order valence-corrected chi connectivity index (χ2v) is 6.25. The number of anilines is 1. The second kappa shape index (κ2) is 4.16. The first-order valence-electron chi connectivity index (χ1n) is 7.34. The van der Waals surface area contributed by atoms with E-state index in [1.807, 2.05) is 19.2 Å². The Morgan fingerprint density at radius 2 is 2.10 bits per heavy atom.